The summed E-state index contributed by atoms with van der Waals surface area (Å²) in [5.74, 6) is 0.463. The Balaban J connectivity index is 1.42. The number of nitrogens with zero attached hydrogens (tertiary/aromatic N) is 4. The topological polar surface area (TPSA) is 73.8 Å². The van der Waals surface area contributed by atoms with Crippen molar-refractivity contribution in [2.75, 3.05) is 11.1 Å². The Morgan fingerprint density at radius 2 is 1.79 bits per heavy atom. The van der Waals surface area contributed by atoms with Gasteiger partial charge < -0.3 is 9.88 Å². The number of thioether (sulfide) groups is 1. The average Bonchev–Trinajstić information content (AvgIpc) is 3.21. The standard InChI is InChI=1S/C25H33N5O2S/c1-17-18(2)29(20-11-7-5-8-12-20)25(26-17)33-16-15-22(31)27-23-19(3)28(4)30(24(23)32)21-13-9-6-10-14-21/h6,9-10,13-14,20H,5,7-8,11-12,15-16H2,1-4H3,(H,27,31). The third kappa shape index (κ3) is 4.81. The largest absolute Gasteiger partial charge is 0.320 e. The van der Waals surface area contributed by atoms with Crippen LogP contribution in [0.15, 0.2) is 40.3 Å². The van der Waals surface area contributed by atoms with Crippen LogP contribution < -0.4 is 10.9 Å². The molecule has 8 heteroatoms. The van der Waals surface area contributed by atoms with Crippen LogP contribution >= 0.6 is 11.8 Å². The maximum Gasteiger partial charge on any atom is 0.295 e. The van der Waals surface area contributed by atoms with Gasteiger partial charge in [0.1, 0.15) is 5.69 Å². The summed E-state index contributed by atoms with van der Waals surface area (Å²) in [5, 5.41) is 3.86. The van der Waals surface area contributed by atoms with Gasteiger partial charge in [0, 0.05) is 31.0 Å². The number of amides is 1. The normalized spacial score (nSPS) is 14.5. The van der Waals surface area contributed by atoms with Gasteiger partial charge in [-0.25, -0.2) is 9.67 Å². The molecule has 1 aliphatic carbocycles. The van der Waals surface area contributed by atoms with Gasteiger partial charge in [0.15, 0.2) is 5.16 Å². The molecule has 1 aromatic carbocycles. The van der Waals surface area contributed by atoms with Gasteiger partial charge in [-0.15, -0.1) is 0 Å². The first-order valence-electron chi connectivity index (χ1n) is 11.7. The second-order valence-corrected chi connectivity index (χ2v) is 9.87. The monoisotopic (exact) mass is 467 g/mol. The van der Waals surface area contributed by atoms with Gasteiger partial charge in [-0.3, -0.25) is 14.3 Å². The van der Waals surface area contributed by atoms with Crippen LogP contribution in [0.2, 0.25) is 0 Å². The van der Waals surface area contributed by atoms with Gasteiger partial charge in [-0.1, -0.05) is 49.2 Å². The summed E-state index contributed by atoms with van der Waals surface area (Å²) in [4.78, 5) is 30.5. The average molecular weight is 468 g/mol. The lowest BCUT2D eigenvalue weighted by molar-refractivity contribution is -0.115. The first kappa shape index (κ1) is 23.4. The molecule has 1 N–H and O–H groups in total. The minimum atomic E-state index is -0.221. The van der Waals surface area contributed by atoms with Crippen LogP contribution in [0.4, 0.5) is 5.69 Å². The molecular formula is C25H33N5O2S. The lowest BCUT2D eigenvalue weighted by Gasteiger charge is -2.26. The van der Waals surface area contributed by atoms with E-state index >= 15 is 0 Å². The number of hydrogen-bond donors (Lipinski definition) is 1. The van der Waals surface area contributed by atoms with Crippen molar-refractivity contribution in [1.29, 1.82) is 0 Å². The molecule has 2 aromatic heterocycles. The van der Waals surface area contributed by atoms with E-state index in [1.807, 2.05) is 44.3 Å². The minimum Gasteiger partial charge on any atom is -0.320 e. The molecule has 0 unspecified atom stereocenters. The molecule has 0 aliphatic heterocycles. The Kier molecular flexibility index (Phi) is 7.12. The number of anilines is 1. The third-order valence-corrected chi connectivity index (χ3v) is 7.63. The first-order chi connectivity index (χ1) is 15.9. The molecule has 1 aliphatic rings. The van der Waals surface area contributed by atoms with Crippen molar-refractivity contribution in [2.45, 2.75) is 70.5 Å². The molecule has 4 rings (SSSR count). The van der Waals surface area contributed by atoms with Crippen molar-refractivity contribution in [1.82, 2.24) is 18.9 Å². The first-order valence-corrected chi connectivity index (χ1v) is 12.7. The number of carbonyl (C=O) groups excluding carboxylic acids is 1. The summed E-state index contributed by atoms with van der Waals surface area (Å²) in [6, 6.07) is 9.95. The van der Waals surface area contributed by atoms with E-state index in [1.54, 1.807) is 21.1 Å². The number of benzene rings is 1. The molecule has 0 spiro atoms. The molecule has 0 saturated heterocycles. The summed E-state index contributed by atoms with van der Waals surface area (Å²) in [7, 11) is 1.82. The molecule has 33 heavy (non-hydrogen) atoms. The highest BCUT2D eigenvalue weighted by Gasteiger charge is 2.22. The summed E-state index contributed by atoms with van der Waals surface area (Å²) >= 11 is 1.63. The molecule has 3 aromatic rings. The number of nitrogens with one attached hydrogen (secondary N) is 1. The predicted octanol–water partition coefficient (Wildman–Crippen LogP) is 4.92. The van der Waals surface area contributed by atoms with Gasteiger partial charge in [0.05, 0.1) is 17.1 Å². The van der Waals surface area contributed by atoms with Crippen LogP contribution in [0.3, 0.4) is 0 Å². The van der Waals surface area contributed by atoms with Crippen molar-refractivity contribution in [3.63, 3.8) is 0 Å². The number of aryl methyl sites for hydroxylation is 1. The third-order valence-electron chi connectivity index (χ3n) is 6.67. The van der Waals surface area contributed by atoms with Gasteiger partial charge in [-0.05, 0) is 45.7 Å². The highest BCUT2D eigenvalue weighted by molar-refractivity contribution is 7.99. The zero-order chi connectivity index (χ0) is 23.5. The van der Waals surface area contributed by atoms with Gasteiger partial charge in [0.2, 0.25) is 5.91 Å². The van der Waals surface area contributed by atoms with E-state index in [2.05, 4.69) is 23.7 Å². The zero-order valence-corrected chi connectivity index (χ0v) is 20.7. The van der Waals surface area contributed by atoms with E-state index in [1.165, 1.54) is 37.8 Å². The molecule has 1 fully saturated rings. The van der Waals surface area contributed by atoms with Crippen LogP contribution in [-0.4, -0.2) is 30.6 Å². The zero-order valence-electron chi connectivity index (χ0n) is 19.9. The number of hydrogen-bond acceptors (Lipinski definition) is 4. The molecule has 0 atom stereocenters. The number of carbonyl (C=O) groups is 1. The number of aromatic nitrogens is 4. The maximum atomic E-state index is 13.0. The van der Waals surface area contributed by atoms with Crippen molar-refractivity contribution < 1.29 is 4.79 Å². The maximum absolute atomic E-state index is 13.0. The molecule has 7 nitrogen and oxygen atoms in total. The fraction of sp³-hybridized carbons (Fsp3) is 0.480. The predicted molar refractivity (Wildman–Crippen MR) is 134 cm³/mol. The number of rotatable bonds is 7. The Labute approximate surface area is 199 Å². The highest BCUT2D eigenvalue weighted by Crippen LogP contribution is 2.34. The molecule has 2 heterocycles. The molecule has 0 bridgehead atoms. The SMILES string of the molecule is Cc1nc(SCCC(=O)Nc2c(C)n(C)n(-c3ccccc3)c2=O)n(C2CCCCC2)c1C. The fourth-order valence-corrected chi connectivity index (χ4v) is 5.71. The lowest BCUT2D eigenvalue weighted by Crippen LogP contribution is -2.23. The summed E-state index contributed by atoms with van der Waals surface area (Å²) < 4.78 is 5.73. The van der Waals surface area contributed by atoms with Crippen LogP contribution in [0.5, 0.6) is 0 Å². The van der Waals surface area contributed by atoms with Crippen LogP contribution in [0.25, 0.3) is 5.69 Å². The van der Waals surface area contributed by atoms with Crippen LogP contribution in [-0.2, 0) is 11.8 Å². The Hall–Kier alpha value is -2.74. The van der Waals surface area contributed by atoms with Crippen LogP contribution in [0.1, 0.15) is 61.6 Å². The molecule has 176 valence electrons. The van der Waals surface area contributed by atoms with Crippen LogP contribution in [0, 0.1) is 20.8 Å². The van der Waals surface area contributed by atoms with E-state index in [4.69, 9.17) is 4.98 Å². The molecular weight excluding hydrogens is 434 g/mol. The second-order valence-electron chi connectivity index (χ2n) is 8.81. The van der Waals surface area contributed by atoms with Crippen molar-refractivity contribution in [3.8, 4) is 5.69 Å². The van der Waals surface area contributed by atoms with E-state index in [9.17, 15) is 9.59 Å². The van der Waals surface area contributed by atoms with Crippen molar-refractivity contribution in [2.24, 2.45) is 7.05 Å². The van der Waals surface area contributed by atoms with Gasteiger partial charge >= 0.3 is 0 Å². The Morgan fingerprint density at radius 1 is 1.09 bits per heavy atom. The van der Waals surface area contributed by atoms with E-state index in [0.717, 1.165) is 22.2 Å². The highest BCUT2D eigenvalue weighted by atomic mass is 32.2. The van der Waals surface area contributed by atoms with Crippen molar-refractivity contribution in [3.05, 3.63) is 57.8 Å². The smallest absolute Gasteiger partial charge is 0.295 e. The summed E-state index contributed by atoms with van der Waals surface area (Å²) in [6.45, 7) is 6.04. The molecule has 1 saturated carbocycles. The summed E-state index contributed by atoms with van der Waals surface area (Å²) in [5.41, 5.74) is 3.91. The number of imidazole rings is 1. The molecule has 0 radical (unpaired) electrons. The lowest BCUT2D eigenvalue weighted by atomic mass is 9.95. The quantitative estimate of drug-likeness (QED) is 0.500. The van der Waals surface area contributed by atoms with E-state index in [0.29, 0.717) is 23.9 Å². The van der Waals surface area contributed by atoms with Gasteiger partial charge in [-0.2, -0.15) is 0 Å². The Morgan fingerprint density at radius 3 is 2.48 bits per heavy atom. The number of para-hydroxylation sites is 1. The van der Waals surface area contributed by atoms with E-state index < -0.39 is 0 Å². The van der Waals surface area contributed by atoms with Crippen molar-refractivity contribution >= 4 is 23.4 Å². The second kappa shape index (κ2) is 10.0. The fourth-order valence-electron chi connectivity index (χ4n) is 4.62. The Bertz CT molecular complexity index is 1190. The van der Waals surface area contributed by atoms with Gasteiger partial charge in [0.25, 0.3) is 5.56 Å². The van der Waals surface area contributed by atoms with E-state index in [-0.39, 0.29) is 11.5 Å². The molecule has 1 amide bonds. The minimum absolute atomic E-state index is 0.155. The summed E-state index contributed by atoms with van der Waals surface area (Å²) in [6.07, 6.45) is 6.57.